The summed E-state index contributed by atoms with van der Waals surface area (Å²) in [5.41, 5.74) is 6.02. The lowest BCUT2D eigenvalue weighted by Crippen LogP contribution is -2.42. The number of anilines is 2. The van der Waals surface area contributed by atoms with Crippen LogP contribution in [-0.2, 0) is 12.7 Å². The average Bonchev–Trinajstić information content (AvgIpc) is 3.14. The number of rotatable bonds is 5. The third kappa shape index (κ3) is 4.41. The number of halogens is 4. The molecular weight excluding hydrogens is 435 g/mol. The summed E-state index contributed by atoms with van der Waals surface area (Å²) in [5, 5.41) is 6.71. The van der Waals surface area contributed by atoms with Gasteiger partial charge in [0.05, 0.1) is 17.6 Å². The molecule has 162 valence electrons. The molecule has 0 radical (unpaired) electrons. The smallest absolute Gasteiger partial charge is 0.394 e. The third-order valence-electron chi connectivity index (χ3n) is 4.79. The molecule has 4 rings (SSSR count). The van der Waals surface area contributed by atoms with Gasteiger partial charge in [-0.3, -0.25) is 4.79 Å². The highest BCUT2D eigenvalue weighted by molar-refractivity contribution is 6.28. The van der Waals surface area contributed by atoms with Gasteiger partial charge in [0.1, 0.15) is 5.69 Å². The summed E-state index contributed by atoms with van der Waals surface area (Å²) in [6.07, 6.45) is -2.44. The number of nitrogen functional groups attached to an aromatic ring is 1. The van der Waals surface area contributed by atoms with Gasteiger partial charge in [-0.25, -0.2) is 9.67 Å². The fourth-order valence-corrected chi connectivity index (χ4v) is 3.14. The number of nitrogens with one attached hydrogen (secondary N) is 1. The van der Waals surface area contributed by atoms with Crippen molar-refractivity contribution in [3.8, 4) is 5.69 Å². The molecular formula is C19H17ClF3N7O. The lowest BCUT2D eigenvalue weighted by atomic mass is 10.2. The van der Waals surface area contributed by atoms with E-state index in [-0.39, 0.29) is 11.0 Å². The van der Waals surface area contributed by atoms with Gasteiger partial charge in [-0.15, -0.1) is 0 Å². The second kappa shape index (κ2) is 8.06. The van der Waals surface area contributed by atoms with Crippen molar-refractivity contribution < 1.29 is 18.0 Å². The summed E-state index contributed by atoms with van der Waals surface area (Å²) in [6, 6.07) is 7.38. The highest BCUT2D eigenvalue weighted by Gasteiger charge is 2.37. The largest absolute Gasteiger partial charge is 0.435 e. The minimum absolute atomic E-state index is 0.0468. The molecule has 0 bridgehead atoms. The van der Waals surface area contributed by atoms with E-state index in [1.54, 1.807) is 24.3 Å². The molecule has 3 aromatic rings. The fourth-order valence-electron chi connectivity index (χ4n) is 3.00. The summed E-state index contributed by atoms with van der Waals surface area (Å²) in [4.78, 5) is 21.9. The Labute approximate surface area is 179 Å². The number of amides is 1. The number of aromatic nitrogens is 4. The third-order valence-corrected chi connectivity index (χ3v) is 4.97. The fraction of sp³-hybridized carbons (Fsp3) is 0.263. The molecule has 1 saturated heterocycles. The van der Waals surface area contributed by atoms with E-state index in [1.165, 1.54) is 11.1 Å². The van der Waals surface area contributed by atoms with Crippen molar-refractivity contribution >= 4 is 29.0 Å². The van der Waals surface area contributed by atoms with Gasteiger partial charge in [-0.1, -0.05) is 12.1 Å². The summed E-state index contributed by atoms with van der Waals surface area (Å²) in [6.45, 7) is 1.38. The highest BCUT2D eigenvalue weighted by Crippen LogP contribution is 2.30. The zero-order valence-electron chi connectivity index (χ0n) is 16.0. The summed E-state index contributed by atoms with van der Waals surface area (Å²) >= 11 is 5.76. The van der Waals surface area contributed by atoms with Gasteiger partial charge in [0.25, 0.3) is 5.91 Å². The normalized spacial score (nSPS) is 13.7. The first-order valence-corrected chi connectivity index (χ1v) is 9.68. The minimum Gasteiger partial charge on any atom is -0.394 e. The number of carbonyl (C=O) groups is 1. The Kier molecular flexibility index (Phi) is 5.44. The molecule has 3 N–H and O–H groups in total. The van der Waals surface area contributed by atoms with Gasteiger partial charge in [-0.05, 0) is 35.7 Å². The van der Waals surface area contributed by atoms with E-state index >= 15 is 0 Å². The Morgan fingerprint density at radius 2 is 1.94 bits per heavy atom. The van der Waals surface area contributed by atoms with E-state index in [9.17, 15) is 18.0 Å². The van der Waals surface area contributed by atoms with Crippen molar-refractivity contribution in [1.29, 1.82) is 0 Å². The van der Waals surface area contributed by atoms with Gasteiger partial charge in [0.15, 0.2) is 11.5 Å². The number of nitrogens with zero attached hydrogens (tertiary/aromatic N) is 5. The first-order valence-electron chi connectivity index (χ1n) is 9.30. The van der Waals surface area contributed by atoms with E-state index < -0.39 is 17.8 Å². The lowest BCUT2D eigenvalue weighted by molar-refractivity contribution is -0.141. The quantitative estimate of drug-likeness (QED) is 0.577. The molecule has 0 saturated carbocycles. The molecule has 8 nitrogen and oxygen atoms in total. The Morgan fingerprint density at radius 1 is 1.23 bits per heavy atom. The number of nitrogens with two attached hydrogens (primary N) is 1. The summed E-state index contributed by atoms with van der Waals surface area (Å²) in [7, 11) is 0. The first kappa shape index (κ1) is 20.9. The van der Waals surface area contributed by atoms with Gasteiger partial charge in [0.2, 0.25) is 5.28 Å². The molecule has 0 atom stereocenters. The van der Waals surface area contributed by atoms with Gasteiger partial charge < -0.3 is 16.0 Å². The summed E-state index contributed by atoms with van der Waals surface area (Å²) < 4.78 is 40.6. The molecule has 1 aromatic carbocycles. The van der Waals surface area contributed by atoms with Crippen LogP contribution in [0.25, 0.3) is 5.69 Å². The molecule has 1 fully saturated rings. The number of carbonyl (C=O) groups excluding carboxylic acids is 1. The summed E-state index contributed by atoms with van der Waals surface area (Å²) in [5.74, 6) is -0.107. The monoisotopic (exact) mass is 451 g/mol. The van der Waals surface area contributed by atoms with Crippen LogP contribution in [0.3, 0.4) is 0 Å². The molecule has 2 aromatic heterocycles. The maximum atomic E-state index is 13.2. The number of hydrogen-bond donors (Lipinski definition) is 2. The van der Waals surface area contributed by atoms with Crippen molar-refractivity contribution in [1.82, 2.24) is 24.6 Å². The second-order valence-electron chi connectivity index (χ2n) is 6.93. The van der Waals surface area contributed by atoms with Crippen LogP contribution in [0.2, 0.25) is 5.28 Å². The van der Waals surface area contributed by atoms with E-state index in [0.29, 0.717) is 36.8 Å². The van der Waals surface area contributed by atoms with Crippen LogP contribution in [0, 0.1) is 0 Å². The maximum absolute atomic E-state index is 13.2. The standard InChI is InChI=1S/C19H17ClF3N7O/c20-18-26-10-13(24)16(27-18)25-9-11-2-4-12(5-3-11)30-14(17(31)29-6-1-7-29)8-15(28-30)19(21,22)23/h2-5,8,10H,1,6-7,9,24H2,(H,25,26,27). The van der Waals surface area contributed by atoms with Crippen molar-refractivity contribution in [3.63, 3.8) is 0 Å². The number of alkyl halides is 3. The van der Waals surface area contributed by atoms with Crippen LogP contribution in [0.15, 0.2) is 36.5 Å². The van der Waals surface area contributed by atoms with Crippen LogP contribution >= 0.6 is 11.6 Å². The van der Waals surface area contributed by atoms with Gasteiger partial charge in [0, 0.05) is 25.7 Å². The molecule has 3 heterocycles. The van der Waals surface area contributed by atoms with E-state index in [2.05, 4.69) is 20.4 Å². The van der Waals surface area contributed by atoms with Crippen molar-refractivity contribution in [2.24, 2.45) is 0 Å². The van der Waals surface area contributed by atoms with Gasteiger partial charge in [-0.2, -0.15) is 23.3 Å². The van der Waals surface area contributed by atoms with E-state index in [1.807, 2.05) is 0 Å². The SMILES string of the molecule is Nc1cnc(Cl)nc1NCc1ccc(-n2nc(C(F)(F)F)cc2C(=O)N2CCC2)cc1. The predicted molar refractivity (Wildman–Crippen MR) is 108 cm³/mol. The molecule has 31 heavy (non-hydrogen) atoms. The second-order valence-corrected chi connectivity index (χ2v) is 7.27. The minimum atomic E-state index is -4.65. The zero-order chi connectivity index (χ0) is 22.2. The molecule has 1 aliphatic heterocycles. The van der Waals surface area contributed by atoms with Crippen LogP contribution < -0.4 is 11.1 Å². The number of hydrogen-bond acceptors (Lipinski definition) is 6. The molecule has 1 aliphatic rings. The van der Waals surface area contributed by atoms with Crippen LogP contribution in [0.1, 0.15) is 28.2 Å². The van der Waals surface area contributed by atoms with Crippen LogP contribution in [0.4, 0.5) is 24.7 Å². The topological polar surface area (TPSA) is 102 Å². The highest BCUT2D eigenvalue weighted by atomic mass is 35.5. The van der Waals surface area contributed by atoms with E-state index in [4.69, 9.17) is 17.3 Å². The maximum Gasteiger partial charge on any atom is 0.435 e. The molecule has 12 heteroatoms. The zero-order valence-corrected chi connectivity index (χ0v) is 16.8. The molecule has 0 unspecified atom stereocenters. The van der Waals surface area contributed by atoms with Crippen molar-refractivity contribution in [2.75, 3.05) is 24.1 Å². The predicted octanol–water partition coefficient (Wildman–Crippen LogP) is 3.37. The number of benzene rings is 1. The Balaban J connectivity index is 1.57. The molecule has 0 aliphatic carbocycles. The Morgan fingerprint density at radius 3 is 2.55 bits per heavy atom. The lowest BCUT2D eigenvalue weighted by Gasteiger charge is -2.30. The van der Waals surface area contributed by atoms with Crippen molar-refractivity contribution in [2.45, 2.75) is 19.1 Å². The average molecular weight is 452 g/mol. The van der Waals surface area contributed by atoms with Crippen LogP contribution in [0.5, 0.6) is 0 Å². The Hall–Kier alpha value is -3.34. The van der Waals surface area contributed by atoms with Crippen molar-refractivity contribution in [3.05, 3.63) is 58.8 Å². The molecule has 1 amide bonds. The van der Waals surface area contributed by atoms with Gasteiger partial charge >= 0.3 is 6.18 Å². The Bertz CT molecular complexity index is 1110. The first-order chi connectivity index (χ1) is 14.7. The number of likely N-dealkylation sites (tertiary alicyclic amines) is 1. The molecule has 0 spiro atoms. The van der Waals surface area contributed by atoms with Crippen LogP contribution in [-0.4, -0.2) is 43.6 Å². The van der Waals surface area contributed by atoms with E-state index in [0.717, 1.165) is 22.7 Å².